The number of fused-ring (bicyclic) bond motifs is 1. The van der Waals surface area contributed by atoms with E-state index >= 15 is 0 Å². The van der Waals surface area contributed by atoms with Crippen molar-refractivity contribution >= 4 is 74.5 Å². The lowest BCUT2D eigenvalue weighted by Crippen LogP contribution is -2.02. The molecule has 2 aromatic carbocycles. The number of hydrogen-bond acceptors (Lipinski definition) is 0. The predicted molar refractivity (Wildman–Crippen MR) is 94.5 cm³/mol. The van der Waals surface area contributed by atoms with E-state index in [0.717, 1.165) is 21.3 Å². The second-order valence-corrected chi connectivity index (χ2v) is 6.24. The molecule has 0 saturated heterocycles. The number of alkyl halides is 4. The highest BCUT2D eigenvalue weighted by molar-refractivity contribution is 9.09. The SMILES string of the molecule is BrCc1c(CBr)c(CBr)c2ccccc2c1CBr. The van der Waals surface area contributed by atoms with Crippen molar-refractivity contribution in [3.63, 3.8) is 0 Å². The summed E-state index contributed by atoms with van der Waals surface area (Å²) in [5.74, 6) is 0. The summed E-state index contributed by atoms with van der Waals surface area (Å²) in [6.45, 7) is 0. The Morgan fingerprint density at radius 2 is 0.889 bits per heavy atom. The minimum Gasteiger partial charge on any atom is -0.0876 e. The molecule has 0 aromatic heterocycles. The summed E-state index contributed by atoms with van der Waals surface area (Å²) in [6.07, 6.45) is 0. The van der Waals surface area contributed by atoms with Crippen LogP contribution in [0.5, 0.6) is 0 Å². The summed E-state index contributed by atoms with van der Waals surface area (Å²) in [5.41, 5.74) is 5.58. The average Bonchev–Trinajstić information content (AvgIpc) is 2.44. The second-order valence-electron chi connectivity index (χ2n) is 3.99. The Labute approximate surface area is 141 Å². The lowest BCUT2D eigenvalue weighted by Gasteiger charge is -2.18. The Morgan fingerprint density at radius 1 is 0.556 bits per heavy atom. The van der Waals surface area contributed by atoms with Crippen molar-refractivity contribution < 1.29 is 0 Å². The Hall–Kier alpha value is 0.620. The minimum absolute atomic E-state index is 0.886. The van der Waals surface area contributed by atoms with Crippen LogP contribution in [0.4, 0.5) is 0 Å². The molecule has 0 radical (unpaired) electrons. The molecule has 0 aliphatic carbocycles. The van der Waals surface area contributed by atoms with E-state index in [4.69, 9.17) is 0 Å². The first-order valence-corrected chi connectivity index (χ1v) is 10.0. The predicted octanol–water partition coefficient (Wildman–Crippen LogP) is 6.42. The molecule has 0 N–H and O–H groups in total. The molecule has 0 bridgehead atoms. The van der Waals surface area contributed by atoms with E-state index in [1.807, 2.05) is 0 Å². The summed E-state index contributed by atoms with van der Waals surface area (Å²) < 4.78 is 0. The Kier molecular flexibility index (Phi) is 5.73. The molecule has 0 aliphatic rings. The molecule has 0 amide bonds. The molecular weight excluding hydrogens is 488 g/mol. The quantitative estimate of drug-likeness (QED) is 0.426. The van der Waals surface area contributed by atoms with Gasteiger partial charge in [0.1, 0.15) is 0 Å². The van der Waals surface area contributed by atoms with E-state index in [2.05, 4.69) is 88.0 Å². The van der Waals surface area contributed by atoms with Gasteiger partial charge in [-0.05, 0) is 33.0 Å². The van der Waals surface area contributed by atoms with Crippen molar-refractivity contribution in [3.8, 4) is 0 Å². The van der Waals surface area contributed by atoms with Crippen LogP contribution in [-0.2, 0) is 21.3 Å². The molecule has 2 aromatic rings. The van der Waals surface area contributed by atoms with Crippen LogP contribution in [0.15, 0.2) is 24.3 Å². The Balaban J connectivity index is 2.94. The fraction of sp³-hybridized carbons (Fsp3) is 0.286. The van der Waals surface area contributed by atoms with Crippen molar-refractivity contribution in [2.24, 2.45) is 0 Å². The van der Waals surface area contributed by atoms with Gasteiger partial charge in [0.15, 0.2) is 0 Å². The summed E-state index contributed by atoms with van der Waals surface area (Å²) >= 11 is 14.5. The van der Waals surface area contributed by atoms with E-state index in [0.29, 0.717) is 0 Å². The standard InChI is InChI=1S/C14H12Br4/c15-5-11-9-3-1-2-4-10(9)12(6-16)14(8-18)13(11)7-17/h1-4H,5-8H2. The van der Waals surface area contributed by atoms with E-state index in [9.17, 15) is 0 Å². The van der Waals surface area contributed by atoms with Gasteiger partial charge in [-0.1, -0.05) is 88.0 Å². The molecule has 18 heavy (non-hydrogen) atoms. The number of hydrogen-bond donors (Lipinski definition) is 0. The molecule has 0 atom stereocenters. The maximum Gasteiger partial charge on any atom is 0.0292 e. The number of benzene rings is 2. The van der Waals surface area contributed by atoms with Crippen LogP contribution in [0.1, 0.15) is 22.3 Å². The zero-order valence-corrected chi connectivity index (χ0v) is 16.0. The maximum atomic E-state index is 3.63. The Bertz CT molecular complexity index is 513. The van der Waals surface area contributed by atoms with Crippen LogP contribution in [0.3, 0.4) is 0 Å². The van der Waals surface area contributed by atoms with Gasteiger partial charge >= 0.3 is 0 Å². The van der Waals surface area contributed by atoms with Gasteiger partial charge in [0, 0.05) is 21.3 Å². The first-order valence-electron chi connectivity index (χ1n) is 5.56. The van der Waals surface area contributed by atoms with Crippen molar-refractivity contribution in [1.29, 1.82) is 0 Å². The van der Waals surface area contributed by atoms with Gasteiger partial charge in [-0.25, -0.2) is 0 Å². The first kappa shape index (κ1) is 15.0. The third-order valence-electron chi connectivity index (χ3n) is 3.20. The van der Waals surface area contributed by atoms with Gasteiger partial charge in [0.2, 0.25) is 0 Å². The lowest BCUT2D eigenvalue weighted by atomic mass is 9.92. The van der Waals surface area contributed by atoms with E-state index < -0.39 is 0 Å². The van der Waals surface area contributed by atoms with Gasteiger partial charge in [0.05, 0.1) is 0 Å². The summed E-state index contributed by atoms with van der Waals surface area (Å²) in [5, 5.41) is 6.25. The minimum atomic E-state index is 0.886. The summed E-state index contributed by atoms with van der Waals surface area (Å²) in [4.78, 5) is 0. The zero-order valence-electron chi connectivity index (χ0n) is 9.65. The highest BCUT2D eigenvalue weighted by Gasteiger charge is 2.16. The molecule has 0 saturated carbocycles. The van der Waals surface area contributed by atoms with Crippen molar-refractivity contribution in [2.75, 3.05) is 0 Å². The van der Waals surface area contributed by atoms with Crippen LogP contribution in [0.25, 0.3) is 10.8 Å². The number of rotatable bonds is 4. The van der Waals surface area contributed by atoms with Crippen LogP contribution in [-0.4, -0.2) is 0 Å². The van der Waals surface area contributed by atoms with Gasteiger partial charge < -0.3 is 0 Å². The molecule has 0 aliphatic heterocycles. The molecule has 4 heteroatoms. The van der Waals surface area contributed by atoms with Crippen LogP contribution >= 0.6 is 63.7 Å². The maximum absolute atomic E-state index is 3.63. The van der Waals surface area contributed by atoms with Crippen molar-refractivity contribution in [3.05, 3.63) is 46.5 Å². The monoisotopic (exact) mass is 496 g/mol. The fourth-order valence-electron chi connectivity index (χ4n) is 2.33. The van der Waals surface area contributed by atoms with Gasteiger partial charge in [-0.15, -0.1) is 0 Å². The topological polar surface area (TPSA) is 0 Å². The van der Waals surface area contributed by atoms with Gasteiger partial charge in [-0.2, -0.15) is 0 Å². The molecule has 0 nitrogen and oxygen atoms in total. The van der Waals surface area contributed by atoms with E-state index in [1.54, 1.807) is 0 Å². The molecular formula is C14H12Br4. The largest absolute Gasteiger partial charge is 0.0876 e. The third-order valence-corrected chi connectivity index (χ3v) is 5.45. The smallest absolute Gasteiger partial charge is 0.0292 e. The second kappa shape index (κ2) is 6.87. The molecule has 96 valence electrons. The molecule has 0 unspecified atom stereocenters. The molecule has 0 fully saturated rings. The molecule has 0 spiro atoms. The zero-order chi connectivity index (χ0) is 13.1. The summed E-state index contributed by atoms with van der Waals surface area (Å²) in [6, 6.07) is 8.64. The first-order chi connectivity index (χ1) is 8.78. The van der Waals surface area contributed by atoms with Crippen LogP contribution in [0.2, 0.25) is 0 Å². The van der Waals surface area contributed by atoms with Crippen molar-refractivity contribution in [2.45, 2.75) is 21.3 Å². The Morgan fingerprint density at radius 3 is 1.17 bits per heavy atom. The van der Waals surface area contributed by atoms with Gasteiger partial charge in [0.25, 0.3) is 0 Å². The summed E-state index contributed by atoms with van der Waals surface area (Å²) in [7, 11) is 0. The van der Waals surface area contributed by atoms with Crippen molar-refractivity contribution in [1.82, 2.24) is 0 Å². The normalized spacial score (nSPS) is 11.1. The van der Waals surface area contributed by atoms with Crippen LogP contribution < -0.4 is 0 Å². The average molecular weight is 500 g/mol. The molecule has 0 heterocycles. The number of halogens is 4. The lowest BCUT2D eigenvalue weighted by molar-refractivity contribution is 1.21. The fourth-order valence-corrected chi connectivity index (χ4v) is 4.96. The van der Waals surface area contributed by atoms with Gasteiger partial charge in [-0.3, -0.25) is 0 Å². The van der Waals surface area contributed by atoms with E-state index in [-0.39, 0.29) is 0 Å². The highest BCUT2D eigenvalue weighted by Crippen LogP contribution is 2.35. The third kappa shape index (κ3) is 2.58. The highest BCUT2D eigenvalue weighted by atomic mass is 79.9. The molecule has 2 rings (SSSR count). The van der Waals surface area contributed by atoms with E-state index in [1.165, 1.54) is 33.0 Å². The van der Waals surface area contributed by atoms with Crippen LogP contribution in [0, 0.1) is 0 Å².